The molecule has 1 heterocycles. The van der Waals surface area contributed by atoms with Crippen LogP contribution in [0.3, 0.4) is 0 Å². The highest BCUT2D eigenvalue weighted by Crippen LogP contribution is 2.18. The first-order valence-corrected chi connectivity index (χ1v) is 6.03. The second-order valence-corrected chi connectivity index (χ2v) is 4.20. The number of rotatable bonds is 5. The Labute approximate surface area is 128 Å². The molecule has 1 aromatic carbocycles. The van der Waals surface area contributed by atoms with Crippen LogP contribution < -0.4 is 11.1 Å². The maximum Gasteiger partial charge on any atom is 0.254 e. The number of carbonyl (C=O) groups is 1. The van der Waals surface area contributed by atoms with E-state index < -0.39 is 6.10 Å². The van der Waals surface area contributed by atoms with Crippen molar-refractivity contribution in [2.24, 2.45) is 5.73 Å². The molecule has 0 aliphatic rings. The van der Waals surface area contributed by atoms with Gasteiger partial charge in [0.05, 0.1) is 5.69 Å². The van der Waals surface area contributed by atoms with Gasteiger partial charge in [-0.2, -0.15) is 0 Å². The van der Waals surface area contributed by atoms with E-state index in [-0.39, 0.29) is 24.9 Å². The molecule has 1 aromatic heterocycles. The highest BCUT2D eigenvalue weighted by Gasteiger charge is 2.16. The third-order valence-electron chi connectivity index (χ3n) is 2.86. The molecule has 114 valence electrons. The van der Waals surface area contributed by atoms with Gasteiger partial charge in [-0.1, -0.05) is 6.07 Å². The van der Waals surface area contributed by atoms with Gasteiger partial charge in [0.15, 0.2) is 0 Å². The highest BCUT2D eigenvalue weighted by atomic mass is 35.5. The number of tetrazole rings is 1. The minimum absolute atomic E-state index is 0. The standard InChI is InChI=1S/C12H16N6O2.ClH/c1-8-3-4-9(15-12(19)11(6-13)20-2)5-10(8)18-7-14-16-17-18;/h3-5,7,11H,6,13H2,1-2H3,(H,15,19);1H. The maximum atomic E-state index is 11.9. The number of halogens is 1. The predicted octanol–water partition coefficient (Wildman–Crippen LogP) is 0.305. The number of hydrogen-bond acceptors (Lipinski definition) is 6. The molecule has 2 aromatic rings. The lowest BCUT2D eigenvalue weighted by Gasteiger charge is -2.14. The van der Waals surface area contributed by atoms with E-state index in [9.17, 15) is 4.79 Å². The number of amides is 1. The minimum Gasteiger partial charge on any atom is -0.370 e. The van der Waals surface area contributed by atoms with E-state index in [0.717, 1.165) is 11.3 Å². The SMILES string of the molecule is COC(CN)C(=O)Nc1ccc(C)c(-n2cnnn2)c1.Cl. The van der Waals surface area contributed by atoms with Crippen LogP contribution in [0.1, 0.15) is 5.56 Å². The summed E-state index contributed by atoms with van der Waals surface area (Å²) in [6, 6.07) is 5.45. The fourth-order valence-electron chi connectivity index (χ4n) is 1.74. The van der Waals surface area contributed by atoms with Crippen molar-refractivity contribution in [2.75, 3.05) is 19.0 Å². The van der Waals surface area contributed by atoms with Crippen LogP contribution in [0.15, 0.2) is 24.5 Å². The molecule has 0 aliphatic carbocycles. The van der Waals surface area contributed by atoms with E-state index in [1.807, 2.05) is 13.0 Å². The van der Waals surface area contributed by atoms with Crippen LogP contribution in [0.2, 0.25) is 0 Å². The number of nitrogens with one attached hydrogen (secondary N) is 1. The van der Waals surface area contributed by atoms with Crippen LogP contribution in [0.5, 0.6) is 0 Å². The molecule has 0 aliphatic heterocycles. The Balaban J connectivity index is 0.00000220. The number of aromatic nitrogens is 4. The molecular formula is C12H17ClN6O2. The average molecular weight is 313 g/mol. The number of ether oxygens (including phenoxy) is 1. The summed E-state index contributed by atoms with van der Waals surface area (Å²) >= 11 is 0. The molecular weight excluding hydrogens is 296 g/mol. The number of benzene rings is 1. The number of nitrogens with zero attached hydrogens (tertiary/aromatic N) is 4. The second kappa shape index (κ2) is 7.67. The molecule has 0 saturated heterocycles. The lowest BCUT2D eigenvalue weighted by atomic mass is 10.1. The zero-order valence-corrected chi connectivity index (χ0v) is 12.5. The van der Waals surface area contributed by atoms with Gasteiger partial charge in [0, 0.05) is 19.3 Å². The number of carbonyl (C=O) groups excluding carboxylic acids is 1. The molecule has 0 spiro atoms. The third-order valence-corrected chi connectivity index (χ3v) is 2.86. The number of aryl methyl sites for hydroxylation is 1. The Hall–Kier alpha value is -2.03. The molecule has 21 heavy (non-hydrogen) atoms. The van der Waals surface area contributed by atoms with Crippen LogP contribution in [0.4, 0.5) is 5.69 Å². The summed E-state index contributed by atoms with van der Waals surface area (Å²) in [4.78, 5) is 11.9. The van der Waals surface area contributed by atoms with Gasteiger partial charge in [-0.25, -0.2) is 4.68 Å². The van der Waals surface area contributed by atoms with E-state index >= 15 is 0 Å². The van der Waals surface area contributed by atoms with Crippen LogP contribution in [0.25, 0.3) is 5.69 Å². The number of hydrogen-bond donors (Lipinski definition) is 2. The summed E-state index contributed by atoms with van der Waals surface area (Å²) in [5.74, 6) is -0.290. The van der Waals surface area contributed by atoms with E-state index in [0.29, 0.717) is 5.69 Å². The van der Waals surface area contributed by atoms with Gasteiger partial charge >= 0.3 is 0 Å². The normalized spacial score (nSPS) is 11.6. The summed E-state index contributed by atoms with van der Waals surface area (Å²) in [6.07, 6.45) is 0.818. The molecule has 0 radical (unpaired) electrons. The van der Waals surface area contributed by atoms with E-state index in [1.54, 1.807) is 12.1 Å². The molecule has 1 amide bonds. The van der Waals surface area contributed by atoms with Gasteiger partial charge < -0.3 is 15.8 Å². The van der Waals surface area contributed by atoms with Gasteiger partial charge in [-0.15, -0.1) is 17.5 Å². The predicted molar refractivity (Wildman–Crippen MR) is 79.6 cm³/mol. The van der Waals surface area contributed by atoms with E-state index in [2.05, 4.69) is 20.8 Å². The summed E-state index contributed by atoms with van der Waals surface area (Å²) in [7, 11) is 1.44. The fourth-order valence-corrected chi connectivity index (χ4v) is 1.74. The zero-order chi connectivity index (χ0) is 14.5. The Morgan fingerprint density at radius 2 is 2.29 bits per heavy atom. The molecule has 2 rings (SSSR count). The number of nitrogens with two attached hydrogens (primary N) is 1. The second-order valence-electron chi connectivity index (χ2n) is 4.20. The molecule has 0 fully saturated rings. The van der Waals surface area contributed by atoms with Gasteiger partial charge in [0.2, 0.25) is 0 Å². The fraction of sp³-hybridized carbons (Fsp3) is 0.333. The van der Waals surface area contributed by atoms with Gasteiger partial charge in [-0.3, -0.25) is 4.79 Å². The lowest BCUT2D eigenvalue weighted by molar-refractivity contribution is -0.125. The number of anilines is 1. The van der Waals surface area contributed by atoms with Gasteiger partial charge in [-0.05, 0) is 35.0 Å². The molecule has 0 bridgehead atoms. The Morgan fingerprint density at radius 3 is 2.86 bits per heavy atom. The smallest absolute Gasteiger partial charge is 0.254 e. The molecule has 9 heteroatoms. The van der Waals surface area contributed by atoms with Gasteiger partial charge in [0.25, 0.3) is 5.91 Å². The number of methoxy groups -OCH3 is 1. The summed E-state index contributed by atoms with van der Waals surface area (Å²) in [5.41, 5.74) is 7.85. The monoisotopic (exact) mass is 312 g/mol. The van der Waals surface area contributed by atoms with Crippen molar-refractivity contribution in [1.29, 1.82) is 0 Å². The summed E-state index contributed by atoms with van der Waals surface area (Å²) in [5, 5.41) is 13.8. The molecule has 0 saturated carbocycles. The molecule has 8 nitrogen and oxygen atoms in total. The molecule has 3 N–H and O–H groups in total. The van der Waals surface area contributed by atoms with E-state index in [1.165, 1.54) is 18.1 Å². The van der Waals surface area contributed by atoms with Crippen molar-refractivity contribution in [1.82, 2.24) is 20.2 Å². The third kappa shape index (κ3) is 3.97. The maximum absolute atomic E-state index is 11.9. The van der Waals surface area contributed by atoms with Crippen molar-refractivity contribution in [2.45, 2.75) is 13.0 Å². The first-order valence-electron chi connectivity index (χ1n) is 6.03. The first kappa shape index (κ1) is 17.0. The van der Waals surface area contributed by atoms with Crippen molar-refractivity contribution < 1.29 is 9.53 Å². The molecule has 1 atom stereocenters. The topological polar surface area (TPSA) is 108 Å². The Morgan fingerprint density at radius 1 is 1.52 bits per heavy atom. The Bertz CT molecular complexity index is 585. The van der Waals surface area contributed by atoms with Crippen LogP contribution in [0, 0.1) is 6.92 Å². The Kier molecular flexibility index (Phi) is 6.22. The summed E-state index contributed by atoms with van der Waals surface area (Å²) < 4.78 is 6.51. The van der Waals surface area contributed by atoms with Crippen LogP contribution in [-0.4, -0.2) is 45.9 Å². The first-order chi connectivity index (χ1) is 9.65. The summed E-state index contributed by atoms with van der Waals surface area (Å²) in [6.45, 7) is 2.05. The quantitative estimate of drug-likeness (QED) is 0.822. The van der Waals surface area contributed by atoms with Crippen molar-refractivity contribution >= 4 is 24.0 Å². The van der Waals surface area contributed by atoms with Crippen LogP contribution >= 0.6 is 12.4 Å². The van der Waals surface area contributed by atoms with Crippen molar-refractivity contribution in [3.05, 3.63) is 30.1 Å². The highest BCUT2D eigenvalue weighted by molar-refractivity contribution is 5.94. The minimum atomic E-state index is -0.673. The van der Waals surface area contributed by atoms with Crippen molar-refractivity contribution in [3.63, 3.8) is 0 Å². The van der Waals surface area contributed by atoms with Gasteiger partial charge in [0.1, 0.15) is 12.4 Å². The van der Waals surface area contributed by atoms with Crippen LogP contribution in [-0.2, 0) is 9.53 Å². The zero-order valence-electron chi connectivity index (χ0n) is 11.7. The lowest BCUT2D eigenvalue weighted by Crippen LogP contribution is -2.35. The largest absolute Gasteiger partial charge is 0.370 e. The van der Waals surface area contributed by atoms with Crippen molar-refractivity contribution in [3.8, 4) is 5.69 Å². The average Bonchev–Trinajstić information content (AvgIpc) is 2.96. The molecule has 1 unspecified atom stereocenters. The van der Waals surface area contributed by atoms with E-state index in [4.69, 9.17) is 10.5 Å².